The third-order valence-electron chi connectivity index (χ3n) is 5.10. The minimum atomic E-state index is -3.57. The van der Waals surface area contributed by atoms with E-state index < -0.39 is 16.1 Å². The van der Waals surface area contributed by atoms with E-state index in [0.29, 0.717) is 25.0 Å². The lowest BCUT2D eigenvalue weighted by Gasteiger charge is -2.36. The fourth-order valence-electron chi connectivity index (χ4n) is 3.40. The lowest BCUT2D eigenvalue weighted by molar-refractivity contribution is -0.0891. The second-order valence-electron chi connectivity index (χ2n) is 7.35. The summed E-state index contributed by atoms with van der Waals surface area (Å²) >= 11 is 0. The molecule has 0 unspecified atom stereocenters. The fraction of sp³-hybridized carbons (Fsp3) is 0.429. The molecule has 0 spiro atoms. The number of nitrogens with zero attached hydrogens (tertiary/aromatic N) is 1. The van der Waals surface area contributed by atoms with Crippen molar-refractivity contribution in [3.8, 4) is 0 Å². The maximum absolute atomic E-state index is 12.4. The zero-order chi connectivity index (χ0) is 21.6. The van der Waals surface area contributed by atoms with Crippen molar-refractivity contribution in [3.63, 3.8) is 0 Å². The average Bonchev–Trinajstić information content (AvgIpc) is 2.75. The number of hydrogen-bond acceptors (Lipinski definition) is 6. The molecule has 1 aromatic heterocycles. The predicted octanol–water partition coefficient (Wildman–Crippen LogP) is 1.40. The van der Waals surface area contributed by atoms with Crippen molar-refractivity contribution < 1.29 is 23.1 Å². The van der Waals surface area contributed by atoms with Crippen molar-refractivity contribution in [2.75, 3.05) is 13.2 Å². The van der Waals surface area contributed by atoms with Gasteiger partial charge in [0.1, 0.15) is 11.8 Å². The highest BCUT2D eigenvalue weighted by molar-refractivity contribution is 7.89. The second kappa shape index (κ2) is 10.1. The van der Waals surface area contributed by atoms with Crippen LogP contribution in [0.25, 0.3) is 0 Å². The number of sulfonamides is 1. The smallest absolute Gasteiger partial charge is 0.270 e. The van der Waals surface area contributed by atoms with Crippen molar-refractivity contribution in [1.29, 1.82) is 0 Å². The van der Waals surface area contributed by atoms with Gasteiger partial charge in [-0.2, -0.15) is 0 Å². The van der Waals surface area contributed by atoms with E-state index in [9.17, 15) is 18.3 Å². The Bertz CT molecular complexity index is 935. The molecule has 3 rings (SSSR count). The topological polar surface area (TPSA) is 118 Å². The van der Waals surface area contributed by atoms with E-state index in [1.165, 1.54) is 0 Å². The number of aliphatic hydroxyl groups is 1. The van der Waals surface area contributed by atoms with Gasteiger partial charge in [0, 0.05) is 12.7 Å². The third kappa shape index (κ3) is 5.85. The van der Waals surface area contributed by atoms with Crippen molar-refractivity contribution in [1.82, 2.24) is 15.0 Å². The summed E-state index contributed by atoms with van der Waals surface area (Å²) in [5.74, 6) is -0.313. The Kier molecular flexibility index (Phi) is 7.54. The summed E-state index contributed by atoms with van der Waals surface area (Å²) in [6.45, 7) is 1.89. The van der Waals surface area contributed by atoms with Crippen LogP contribution < -0.4 is 10.0 Å². The predicted molar refractivity (Wildman–Crippen MR) is 111 cm³/mol. The Labute approximate surface area is 176 Å². The van der Waals surface area contributed by atoms with Crippen LogP contribution in [0.2, 0.25) is 0 Å². The van der Waals surface area contributed by atoms with E-state index >= 15 is 0 Å². The van der Waals surface area contributed by atoms with E-state index in [0.717, 1.165) is 5.56 Å². The van der Waals surface area contributed by atoms with Gasteiger partial charge in [-0.05, 0) is 50.5 Å². The summed E-state index contributed by atoms with van der Waals surface area (Å²) in [7, 11) is -3.57. The molecule has 0 aliphatic carbocycles. The molecule has 0 saturated carbocycles. The zero-order valence-corrected chi connectivity index (χ0v) is 17.6. The number of ether oxygens (including phenoxy) is 1. The summed E-state index contributed by atoms with van der Waals surface area (Å²) in [6.07, 6.45) is 2.54. The lowest BCUT2D eigenvalue weighted by Crippen LogP contribution is -2.51. The van der Waals surface area contributed by atoms with Crippen LogP contribution >= 0.6 is 0 Å². The Balaban J connectivity index is 1.49. The van der Waals surface area contributed by atoms with E-state index in [2.05, 4.69) is 15.0 Å². The first-order valence-corrected chi connectivity index (χ1v) is 11.4. The number of carbonyl (C=O) groups is 1. The second-order valence-corrected chi connectivity index (χ2v) is 9.12. The van der Waals surface area contributed by atoms with Crippen LogP contribution in [0.4, 0.5) is 0 Å². The number of aromatic nitrogens is 1. The number of pyridine rings is 1. The number of carbonyl (C=O) groups excluding carboxylic acids is 1. The molecule has 8 nitrogen and oxygen atoms in total. The first kappa shape index (κ1) is 22.4. The van der Waals surface area contributed by atoms with Crippen molar-refractivity contribution in [3.05, 3.63) is 59.9 Å². The van der Waals surface area contributed by atoms with Gasteiger partial charge in [-0.1, -0.05) is 23.8 Å². The Morgan fingerprint density at radius 3 is 2.63 bits per heavy atom. The SMILES string of the molecule is Cc1ccc(S(=O)(=O)NCC[C@H]2CC[C@H](NC(=O)c3ccccn3)[C@H](CO)O2)cc1. The maximum atomic E-state index is 12.4. The van der Waals surface area contributed by atoms with Gasteiger partial charge in [0.15, 0.2) is 0 Å². The molecule has 2 aromatic rings. The maximum Gasteiger partial charge on any atom is 0.270 e. The van der Waals surface area contributed by atoms with Crippen LogP contribution in [0.5, 0.6) is 0 Å². The fourth-order valence-corrected chi connectivity index (χ4v) is 4.45. The van der Waals surface area contributed by atoms with Crippen molar-refractivity contribution in [2.24, 2.45) is 0 Å². The molecule has 3 atom stereocenters. The van der Waals surface area contributed by atoms with Gasteiger partial charge >= 0.3 is 0 Å². The minimum absolute atomic E-state index is 0.203. The lowest BCUT2D eigenvalue weighted by atomic mass is 9.97. The number of nitrogens with one attached hydrogen (secondary N) is 2. The molecule has 162 valence electrons. The number of benzene rings is 1. The van der Waals surface area contributed by atoms with Crippen LogP contribution in [0, 0.1) is 6.92 Å². The summed E-state index contributed by atoms with van der Waals surface area (Å²) in [5.41, 5.74) is 1.30. The molecular weight excluding hydrogens is 406 g/mol. The average molecular weight is 434 g/mol. The van der Waals surface area contributed by atoms with Crippen LogP contribution in [-0.4, -0.2) is 55.8 Å². The van der Waals surface area contributed by atoms with Gasteiger partial charge in [0.05, 0.1) is 23.6 Å². The molecular formula is C21H27N3O5S. The van der Waals surface area contributed by atoms with E-state index in [-0.39, 0.29) is 36.1 Å². The van der Waals surface area contributed by atoms with Crippen molar-refractivity contribution in [2.45, 2.75) is 49.3 Å². The molecule has 1 aromatic carbocycles. The largest absolute Gasteiger partial charge is 0.394 e. The molecule has 1 amide bonds. The quantitative estimate of drug-likeness (QED) is 0.579. The minimum Gasteiger partial charge on any atom is -0.394 e. The van der Waals surface area contributed by atoms with Gasteiger partial charge in [0.25, 0.3) is 5.91 Å². The molecule has 1 aliphatic rings. The number of aliphatic hydroxyl groups excluding tert-OH is 1. The van der Waals surface area contributed by atoms with E-state index in [1.54, 1.807) is 48.7 Å². The molecule has 1 fully saturated rings. The molecule has 0 radical (unpaired) electrons. The van der Waals surface area contributed by atoms with Crippen LogP contribution in [0.3, 0.4) is 0 Å². The molecule has 2 heterocycles. The molecule has 1 aliphatic heterocycles. The molecule has 30 heavy (non-hydrogen) atoms. The van der Waals surface area contributed by atoms with Gasteiger partial charge in [-0.25, -0.2) is 13.1 Å². The van der Waals surface area contributed by atoms with E-state index in [1.807, 2.05) is 6.92 Å². The van der Waals surface area contributed by atoms with Crippen LogP contribution in [0.1, 0.15) is 35.3 Å². The molecule has 3 N–H and O–H groups in total. The van der Waals surface area contributed by atoms with Crippen molar-refractivity contribution >= 4 is 15.9 Å². The van der Waals surface area contributed by atoms with Gasteiger partial charge in [-0.15, -0.1) is 0 Å². The Morgan fingerprint density at radius 1 is 1.20 bits per heavy atom. The zero-order valence-electron chi connectivity index (χ0n) is 16.8. The molecule has 0 bridgehead atoms. The number of rotatable bonds is 8. The Morgan fingerprint density at radius 2 is 1.97 bits per heavy atom. The number of aryl methyl sites for hydroxylation is 1. The normalized spacial score (nSPS) is 21.9. The van der Waals surface area contributed by atoms with Gasteiger partial charge in [0.2, 0.25) is 10.0 Å². The first-order valence-electron chi connectivity index (χ1n) is 9.93. The summed E-state index contributed by atoms with van der Waals surface area (Å²) in [5, 5.41) is 12.6. The highest BCUT2D eigenvalue weighted by Gasteiger charge is 2.32. The number of amides is 1. The molecule has 1 saturated heterocycles. The standard InChI is InChI=1S/C21H27N3O5S/c1-15-5-8-17(9-6-15)30(27,28)23-13-11-16-7-10-18(20(14-25)29-16)24-21(26)19-4-2-3-12-22-19/h2-6,8-9,12,16,18,20,23,25H,7,10-11,13-14H2,1H3,(H,24,26)/t16-,18+,20+/m1/s1. The van der Waals surface area contributed by atoms with Gasteiger partial charge < -0.3 is 15.2 Å². The highest BCUT2D eigenvalue weighted by atomic mass is 32.2. The van der Waals surface area contributed by atoms with E-state index in [4.69, 9.17) is 4.74 Å². The first-order chi connectivity index (χ1) is 14.4. The Hall–Kier alpha value is -2.33. The summed E-state index contributed by atoms with van der Waals surface area (Å²) in [6, 6.07) is 11.4. The summed E-state index contributed by atoms with van der Waals surface area (Å²) in [4.78, 5) is 16.6. The number of hydrogen-bond donors (Lipinski definition) is 3. The van der Waals surface area contributed by atoms with Gasteiger partial charge in [-0.3, -0.25) is 9.78 Å². The summed E-state index contributed by atoms with van der Waals surface area (Å²) < 4.78 is 33.2. The molecule has 9 heteroatoms. The van der Waals surface area contributed by atoms with Crippen LogP contribution in [-0.2, 0) is 14.8 Å². The highest BCUT2D eigenvalue weighted by Crippen LogP contribution is 2.22. The third-order valence-corrected chi connectivity index (χ3v) is 6.58. The monoisotopic (exact) mass is 433 g/mol. The van der Waals surface area contributed by atoms with Crippen LogP contribution in [0.15, 0.2) is 53.6 Å².